The van der Waals surface area contributed by atoms with Crippen LogP contribution in [-0.4, -0.2) is 18.2 Å². The van der Waals surface area contributed by atoms with E-state index in [1.54, 1.807) is 12.1 Å². The van der Waals surface area contributed by atoms with E-state index >= 15 is 0 Å². The third kappa shape index (κ3) is 2.63. The largest absolute Gasteiger partial charge is 0.481 e. The molecule has 0 heterocycles. The summed E-state index contributed by atoms with van der Waals surface area (Å²) in [6.45, 7) is 0.162. The summed E-state index contributed by atoms with van der Waals surface area (Å²) >= 11 is 0. The van der Waals surface area contributed by atoms with Gasteiger partial charge in [0.25, 0.3) is 0 Å². The van der Waals surface area contributed by atoms with Gasteiger partial charge in [0.05, 0.1) is 12.0 Å². The third-order valence-electron chi connectivity index (χ3n) is 4.01. The van der Waals surface area contributed by atoms with Crippen molar-refractivity contribution in [2.75, 3.05) is 7.11 Å². The van der Waals surface area contributed by atoms with Crippen molar-refractivity contribution in [2.45, 2.75) is 44.1 Å². The van der Waals surface area contributed by atoms with E-state index in [9.17, 15) is 14.3 Å². The van der Waals surface area contributed by atoms with Crippen molar-refractivity contribution in [3.05, 3.63) is 35.1 Å². The Morgan fingerprint density at radius 1 is 1.37 bits per heavy atom. The molecule has 2 rings (SSSR count). The molecular formula is C15H19FO3. The van der Waals surface area contributed by atoms with Gasteiger partial charge in [-0.2, -0.15) is 0 Å². The number of carboxylic acids is 1. The van der Waals surface area contributed by atoms with Gasteiger partial charge in [-0.3, -0.25) is 4.79 Å². The maximum atomic E-state index is 13.6. The second-order valence-electron chi connectivity index (χ2n) is 5.19. The van der Waals surface area contributed by atoms with Gasteiger partial charge in [-0.1, -0.05) is 25.3 Å². The van der Waals surface area contributed by atoms with Gasteiger partial charge in [-0.15, -0.1) is 0 Å². The van der Waals surface area contributed by atoms with E-state index in [1.165, 1.54) is 13.2 Å². The SMILES string of the molecule is COCc1cc(C2(C(=O)O)CCCCC2)ccc1F. The summed E-state index contributed by atoms with van der Waals surface area (Å²) in [4.78, 5) is 11.7. The number of carbonyl (C=O) groups is 1. The van der Waals surface area contributed by atoms with E-state index in [0.29, 0.717) is 24.0 Å². The lowest BCUT2D eigenvalue weighted by molar-refractivity contribution is -0.145. The Morgan fingerprint density at radius 3 is 2.63 bits per heavy atom. The average molecular weight is 266 g/mol. The first-order chi connectivity index (χ1) is 9.10. The van der Waals surface area contributed by atoms with Gasteiger partial charge in [-0.25, -0.2) is 4.39 Å². The lowest BCUT2D eigenvalue weighted by Gasteiger charge is -2.34. The van der Waals surface area contributed by atoms with Crippen LogP contribution in [0.2, 0.25) is 0 Å². The zero-order valence-electron chi connectivity index (χ0n) is 11.1. The normalized spacial score (nSPS) is 18.2. The van der Waals surface area contributed by atoms with Gasteiger partial charge in [-0.05, 0) is 30.5 Å². The molecule has 0 aliphatic heterocycles. The molecular weight excluding hydrogens is 247 g/mol. The lowest BCUT2D eigenvalue weighted by Crippen LogP contribution is -2.38. The quantitative estimate of drug-likeness (QED) is 0.909. The molecule has 3 nitrogen and oxygen atoms in total. The fourth-order valence-electron chi connectivity index (χ4n) is 2.92. The highest BCUT2D eigenvalue weighted by Gasteiger charge is 2.41. The number of ether oxygens (including phenoxy) is 1. The fourth-order valence-corrected chi connectivity index (χ4v) is 2.92. The zero-order valence-corrected chi connectivity index (χ0v) is 11.1. The molecule has 104 valence electrons. The molecule has 0 bridgehead atoms. The van der Waals surface area contributed by atoms with Crippen molar-refractivity contribution >= 4 is 5.97 Å². The Morgan fingerprint density at radius 2 is 2.05 bits per heavy atom. The molecule has 1 aliphatic carbocycles. The van der Waals surface area contributed by atoms with Gasteiger partial charge >= 0.3 is 5.97 Å². The topological polar surface area (TPSA) is 46.5 Å². The Kier molecular flexibility index (Phi) is 4.20. The molecule has 0 spiro atoms. The molecule has 0 unspecified atom stereocenters. The lowest BCUT2D eigenvalue weighted by atomic mass is 9.69. The molecule has 1 aliphatic rings. The van der Waals surface area contributed by atoms with Crippen LogP contribution >= 0.6 is 0 Å². The number of halogens is 1. The number of hydrogen-bond donors (Lipinski definition) is 1. The summed E-state index contributed by atoms with van der Waals surface area (Å²) < 4.78 is 18.6. The highest BCUT2D eigenvalue weighted by molar-refractivity contribution is 5.81. The van der Waals surface area contributed by atoms with Crippen LogP contribution in [0.3, 0.4) is 0 Å². The predicted molar refractivity (Wildman–Crippen MR) is 69.5 cm³/mol. The number of benzene rings is 1. The van der Waals surface area contributed by atoms with Crippen molar-refractivity contribution in [2.24, 2.45) is 0 Å². The van der Waals surface area contributed by atoms with Crippen LogP contribution in [0.4, 0.5) is 4.39 Å². The van der Waals surface area contributed by atoms with Crippen molar-refractivity contribution < 1.29 is 19.0 Å². The molecule has 1 fully saturated rings. The highest BCUT2D eigenvalue weighted by Crippen LogP contribution is 2.40. The van der Waals surface area contributed by atoms with Gasteiger partial charge in [0.15, 0.2) is 0 Å². The molecule has 1 aromatic rings. The molecule has 0 radical (unpaired) electrons. The highest BCUT2D eigenvalue weighted by atomic mass is 19.1. The van der Waals surface area contributed by atoms with Crippen LogP contribution in [0.15, 0.2) is 18.2 Å². The molecule has 0 aromatic heterocycles. The Balaban J connectivity index is 2.42. The first-order valence-corrected chi connectivity index (χ1v) is 6.61. The van der Waals surface area contributed by atoms with Crippen LogP contribution in [0.1, 0.15) is 43.2 Å². The molecule has 0 atom stereocenters. The van der Waals surface area contributed by atoms with Crippen LogP contribution < -0.4 is 0 Å². The predicted octanol–water partition coefficient (Wildman–Crippen LogP) is 3.26. The number of hydrogen-bond acceptors (Lipinski definition) is 2. The summed E-state index contributed by atoms with van der Waals surface area (Å²) in [7, 11) is 1.50. The van der Waals surface area contributed by atoms with Gasteiger partial charge in [0, 0.05) is 12.7 Å². The molecule has 0 saturated heterocycles. The number of aliphatic carboxylic acids is 1. The first-order valence-electron chi connectivity index (χ1n) is 6.61. The summed E-state index contributed by atoms with van der Waals surface area (Å²) in [5, 5.41) is 9.61. The summed E-state index contributed by atoms with van der Waals surface area (Å²) in [6.07, 6.45) is 4.13. The third-order valence-corrected chi connectivity index (χ3v) is 4.01. The molecule has 1 aromatic carbocycles. The van der Waals surface area contributed by atoms with Gasteiger partial charge < -0.3 is 9.84 Å². The van der Waals surface area contributed by atoms with Gasteiger partial charge in [0.1, 0.15) is 5.82 Å². The molecule has 1 N–H and O–H groups in total. The molecule has 1 saturated carbocycles. The van der Waals surface area contributed by atoms with Gasteiger partial charge in [0.2, 0.25) is 0 Å². The fraction of sp³-hybridized carbons (Fsp3) is 0.533. The Labute approximate surface area is 112 Å². The van der Waals surface area contributed by atoms with E-state index in [-0.39, 0.29) is 12.4 Å². The van der Waals surface area contributed by atoms with E-state index in [1.807, 2.05) is 0 Å². The number of carboxylic acid groups (broad SMARTS) is 1. The zero-order chi connectivity index (χ0) is 13.9. The summed E-state index contributed by atoms with van der Waals surface area (Å²) in [6, 6.07) is 4.61. The molecule has 4 heteroatoms. The van der Waals surface area contributed by atoms with E-state index in [2.05, 4.69) is 0 Å². The maximum Gasteiger partial charge on any atom is 0.314 e. The smallest absolute Gasteiger partial charge is 0.314 e. The van der Waals surface area contributed by atoms with E-state index in [4.69, 9.17) is 4.74 Å². The van der Waals surface area contributed by atoms with E-state index < -0.39 is 11.4 Å². The average Bonchev–Trinajstić information content (AvgIpc) is 2.42. The van der Waals surface area contributed by atoms with Crippen LogP contribution in [0, 0.1) is 5.82 Å². The minimum Gasteiger partial charge on any atom is -0.481 e. The van der Waals surface area contributed by atoms with Crippen molar-refractivity contribution in [3.63, 3.8) is 0 Å². The molecule has 19 heavy (non-hydrogen) atoms. The maximum absolute atomic E-state index is 13.6. The number of rotatable bonds is 4. The Bertz CT molecular complexity index is 464. The van der Waals surface area contributed by atoms with Crippen molar-refractivity contribution in [1.29, 1.82) is 0 Å². The second kappa shape index (κ2) is 5.70. The standard InChI is InChI=1S/C15H19FO3/c1-19-10-11-9-12(5-6-13(11)16)15(14(17)18)7-3-2-4-8-15/h5-6,9H,2-4,7-8,10H2,1H3,(H,17,18). The second-order valence-corrected chi connectivity index (χ2v) is 5.19. The minimum absolute atomic E-state index is 0.162. The first kappa shape index (κ1) is 14.0. The number of methoxy groups -OCH3 is 1. The Hall–Kier alpha value is -1.42. The summed E-state index contributed by atoms with van der Waals surface area (Å²) in [5.41, 5.74) is 0.272. The van der Waals surface area contributed by atoms with Crippen LogP contribution in [0.5, 0.6) is 0 Å². The van der Waals surface area contributed by atoms with Crippen LogP contribution in [-0.2, 0) is 21.6 Å². The monoisotopic (exact) mass is 266 g/mol. The minimum atomic E-state index is -0.853. The van der Waals surface area contributed by atoms with Crippen LogP contribution in [0.25, 0.3) is 0 Å². The van der Waals surface area contributed by atoms with Crippen molar-refractivity contribution in [1.82, 2.24) is 0 Å². The van der Waals surface area contributed by atoms with E-state index in [0.717, 1.165) is 19.3 Å². The summed E-state index contributed by atoms with van der Waals surface area (Å²) in [5.74, 6) is -1.15. The van der Waals surface area contributed by atoms with Crippen molar-refractivity contribution in [3.8, 4) is 0 Å². The molecule has 0 amide bonds.